The van der Waals surface area contributed by atoms with Crippen LogP contribution in [0.2, 0.25) is 18.1 Å². The molecule has 1 unspecified atom stereocenters. The largest absolute Gasteiger partial charge is 0.445 e. The van der Waals surface area contributed by atoms with E-state index >= 15 is 0 Å². The topological polar surface area (TPSA) is 65.8 Å². The Kier molecular flexibility index (Phi) is 8.76. The second-order valence-electron chi connectivity index (χ2n) is 11.0. The van der Waals surface area contributed by atoms with Gasteiger partial charge in [-0.1, -0.05) is 63.2 Å². The summed E-state index contributed by atoms with van der Waals surface area (Å²) in [7, 11) is -0.103. The van der Waals surface area contributed by atoms with E-state index in [9.17, 15) is 10.1 Å². The summed E-state index contributed by atoms with van der Waals surface area (Å²) in [5, 5.41) is 9.60. The predicted octanol–water partition coefficient (Wildman–Crippen LogP) is 5.96. The van der Waals surface area contributed by atoms with E-state index in [1.54, 1.807) is 11.9 Å². The number of benzene rings is 2. The van der Waals surface area contributed by atoms with Gasteiger partial charge >= 0.3 is 6.09 Å². The van der Waals surface area contributed by atoms with Crippen LogP contribution in [0.5, 0.6) is 0 Å². The maximum absolute atomic E-state index is 12.8. The first-order chi connectivity index (χ1) is 16.5. The van der Waals surface area contributed by atoms with Crippen molar-refractivity contribution < 1.29 is 14.0 Å². The van der Waals surface area contributed by atoms with Crippen LogP contribution in [0.4, 0.5) is 4.79 Å². The van der Waals surface area contributed by atoms with Gasteiger partial charge in [-0.3, -0.25) is 4.90 Å². The minimum absolute atomic E-state index is 0.0504. The van der Waals surface area contributed by atoms with E-state index < -0.39 is 8.32 Å². The third kappa shape index (κ3) is 7.17. The van der Waals surface area contributed by atoms with Gasteiger partial charge < -0.3 is 14.1 Å². The molecule has 1 aliphatic rings. The lowest BCUT2D eigenvalue weighted by atomic mass is 10.0. The molecule has 0 bridgehead atoms. The average Bonchev–Trinajstić information content (AvgIpc) is 3.28. The van der Waals surface area contributed by atoms with Gasteiger partial charge in [0.05, 0.1) is 23.8 Å². The molecule has 2 aromatic carbocycles. The number of carbonyl (C=O) groups excluding carboxylic acids is 1. The van der Waals surface area contributed by atoms with Crippen molar-refractivity contribution in [1.29, 1.82) is 5.26 Å². The third-order valence-electron chi connectivity index (χ3n) is 7.25. The van der Waals surface area contributed by atoms with Crippen molar-refractivity contribution in [2.24, 2.45) is 0 Å². The van der Waals surface area contributed by atoms with E-state index in [0.717, 1.165) is 30.6 Å². The number of nitrogens with zero attached hydrogens (tertiary/aromatic N) is 3. The normalized spacial score (nSPS) is 17.6. The Morgan fingerprint density at radius 1 is 1.20 bits per heavy atom. The number of carbonyl (C=O) groups is 1. The SMILES string of the molecule is CN(CC(c1cccc(C#N)c1)N1CC[C@H](O[Si](C)(C)C(C)(C)C)C1)C(=O)OCc1ccccc1. The number of amides is 1. The molecule has 1 amide bonds. The molecule has 3 rings (SSSR count). The Hall–Kier alpha value is -2.66. The minimum Gasteiger partial charge on any atom is -0.445 e. The lowest BCUT2D eigenvalue weighted by molar-refractivity contribution is 0.0896. The number of likely N-dealkylation sites (N-methyl/N-ethyl adjacent to an activating group) is 1. The van der Waals surface area contributed by atoms with Crippen LogP contribution in [-0.4, -0.2) is 57.0 Å². The zero-order valence-corrected chi connectivity index (χ0v) is 23.0. The lowest BCUT2D eigenvalue weighted by Crippen LogP contribution is -2.45. The summed E-state index contributed by atoms with van der Waals surface area (Å²) in [4.78, 5) is 16.8. The van der Waals surface area contributed by atoms with Gasteiger partial charge in [-0.15, -0.1) is 0 Å². The van der Waals surface area contributed by atoms with Crippen LogP contribution < -0.4 is 0 Å². The Morgan fingerprint density at radius 3 is 2.57 bits per heavy atom. The molecule has 188 valence electrons. The van der Waals surface area contributed by atoms with Crippen molar-refractivity contribution in [3.05, 3.63) is 71.3 Å². The van der Waals surface area contributed by atoms with Gasteiger partial charge in [0.1, 0.15) is 6.61 Å². The molecule has 1 fully saturated rings. The number of rotatable bonds is 8. The van der Waals surface area contributed by atoms with E-state index in [-0.39, 0.29) is 29.9 Å². The van der Waals surface area contributed by atoms with Crippen molar-refractivity contribution in [3.63, 3.8) is 0 Å². The number of likely N-dealkylation sites (tertiary alicyclic amines) is 1. The molecular formula is C28H39N3O3Si. The summed E-state index contributed by atoms with van der Waals surface area (Å²) in [5.74, 6) is 0. The van der Waals surface area contributed by atoms with Crippen LogP contribution in [0.1, 0.15) is 49.9 Å². The highest BCUT2D eigenvalue weighted by Crippen LogP contribution is 2.39. The monoisotopic (exact) mass is 493 g/mol. The summed E-state index contributed by atoms with van der Waals surface area (Å²) in [5.41, 5.74) is 2.60. The zero-order valence-electron chi connectivity index (χ0n) is 22.0. The molecule has 1 aliphatic heterocycles. The fourth-order valence-electron chi connectivity index (χ4n) is 4.14. The van der Waals surface area contributed by atoms with Crippen molar-refractivity contribution in [2.75, 3.05) is 26.7 Å². The minimum atomic E-state index is -1.88. The molecule has 7 heteroatoms. The predicted molar refractivity (Wildman–Crippen MR) is 141 cm³/mol. The Labute approximate surface area is 211 Å². The van der Waals surface area contributed by atoms with E-state index in [4.69, 9.17) is 9.16 Å². The van der Waals surface area contributed by atoms with E-state index in [2.05, 4.69) is 44.8 Å². The Balaban J connectivity index is 1.72. The number of nitriles is 1. The highest BCUT2D eigenvalue weighted by Gasteiger charge is 2.41. The second-order valence-corrected chi connectivity index (χ2v) is 15.7. The van der Waals surface area contributed by atoms with Gasteiger partial charge in [0.2, 0.25) is 0 Å². The summed E-state index contributed by atoms with van der Waals surface area (Å²) >= 11 is 0. The number of hydrogen-bond acceptors (Lipinski definition) is 5. The number of hydrogen-bond donors (Lipinski definition) is 0. The smallest absolute Gasteiger partial charge is 0.409 e. The molecule has 0 saturated carbocycles. The summed E-state index contributed by atoms with van der Waals surface area (Å²) < 4.78 is 12.3. The molecule has 1 heterocycles. The van der Waals surface area contributed by atoms with Crippen molar-refractivity contribution in [1.82, 2.24) is 9.80 Å². The van der Waals surface area contributed by atoms with Crippen molar-refractivity contribution in [2.45, 2.75) is 64.1 Å². The first-order valence-corrected chi connectivity index (χ1v) is 15.2. The van der Waals surface area contributed by atoms with Crippen LogP contribution in [0, 0.1) is 11.3 Å². The average molecular weight is 494 g/mol. The fourth-order valence-corrected chi connectivity index (χ4v) is 5.52. The zero-order chi connectivity index (χ0) is 25.6. The fraction of sp³-hybridized carbons (Fsp3) is 0.500. The van der Waals surface area contributed by atoms with Crippen LogP contribution in [0.15, 0.2) is 54.6 Å². The van der Waals surface area contributed by atoms with E-state index in [0.29, 0.717) is 12.1 Å². The van der Waals surface area contributed by atoms with Crippen LogP contribution in [-0.2, 0) is 15.8 Å². The van der Waals surface area contributed by atoms with Gasteiger partial charge in [-0.2, -0.15) is 5.26 Å². The standard InChI is InChI=1S/C28H39N3O3Si/c1-28(2,3)35(5,6)34-25-15-16-31(19-25)26(24-14-10-13-23(17-24)18-29)20-30(4)27(32)33-21-22-11-8-7-9-12-22/h7-14,17,25-26H,15-16,19-21H2,1-6H3/t25-,26?/m0/s1. The van der Waals surface area contributed by atoms with Crippen molar-refractivity contribution >= 4 is 14.4 Å². The molecule has 0 radical (unpaired) electrons. The quantitative estimate of drug-likeness (QED) is 0.424. The van der Waals surface area contributed by atoms with E-state index in [1.165, 1.54) is 0 Å². The molecular weight excluding hydrogens is 454 g/mol. The molecule has 2 atom stereocenters. The van der Waals surface area contributed by atoms with Gasteiger partial charge in [0, 0.05) is 26.7 Å². The highest BCUT2D eigenvalue weighted by atomic mass is 28.4. The molecule has 2 aromatic rings. The molecule has 0 spiro atoms. The number of ether oxygens (including phenoxy) is 1. The lowest BCUT2D eigenvalue weighted by Gasteiger charge is -2.38. The van der Waals surface area contributed by atoms with E-state index in [1.807, 2.05) is 54.6 Å². The van der Waals surface area contributed by atoms with Crippen molar-refractivity contribution in [3.8, 4) is 6.07 Å². The van der Waals surface area contributed by atoms with Crippen LogP contribution >= 0.6 is 0 Å². The molecule has 0 N–H and O–H groups in total. The Bertz CT molecular complexity index is 1030. The van der Waals surface area contributed by atoms with Gasteiger partial charge in [-0.25, -0.2) is 4.79 Å². The van der Waals surface area contributed by atoms with Gasteiger partial charge in [0.25, 0.3) is 0 Å². The summed E-state index contributed by atoms with van der Waals surface area (Å²) in [6.45, 7) is 13.8. The molecule has 1 saturated heterocycles. The maximum atomic E-state index is 12.8. The van der Waals surface area contributed by atoms with Gasteiger partial charge in [0.15, 0.2) is 8.32 Å². The highest BCUT2D eigenvalue weighted by molar-refractivity contribution is 6.74. The second kappa shape index (κ2) is 11.4. The molecule has 0 aliphatic carbocycles. The molecule has 6 nitrogen and oxygen atoms in total. The summed E-state index contributed by atoms with van der Waals surface area (Å²) in [6.07, 6.45) is 0.778. The molecule has 0 aromatic heterocycles. The summed E-state index contributed by atoms with van der Waals surface area (Å²) in [6, 6.07) is 19.6. The first-order valence-electron chi connectivity index (χ1n) is 12.3. The third-order valence-corrected chi connectivity index (χ3v) is 11.8. The first kappa shape index (κ1) is 26.9. The van der Waals surface area contributed by atoms with Crippen LogP contribution in [0.25, 0.3) is 0 Å². The molecule has 35 heavy (non-hydrogen) atoms. The van der Waals surface area contributed by atoms with Gasteiger partial charge in [-0.05, 0) is 47.8 Å². The maximum Gasteiger partial charge on any atom is 0.409 e. The van der Waals surface area contributed by atoms with Crippen LogP contribution in [0.3, 0.4) is 0 Å². The Morgan fingerprint density at radius 2 is 1.91 bits per heavy atom.